The van der Waals surface area contributed by atoms with Crippen molar-refractivity contribution in [2.45, 2.75) is 13.8 Å². The van der Waals surface area contributed by atoms with E-state index in [1.54, 1.807) is 49.4 Å². The summed E-state index contributed by atoms with van der Waals surface area (Å²) in [6.45, 7) is 3.62. The van der Waals surface area contributed by atoms with E-state index in [9.17, 15) is 14.4 Å². The van der Waals surface area contributed by atoms with E-state index in [4.69, 9.17) is 17.3 Å². The molecule has 0 radical (unpaired) electrons. The molecule has 0 saturated heterocycles. The first kappa shape index (κ1) is 22.5. The number of nitrogens with zero attached hydrogens (tertiary/aromatic N) is 1. The Morgan fingerprint density at radius 1 is 0.938 bits per heavy atom. The summed E-state index contributed by atoms with van der Waals surface area (Å²) in [6, 6.07) is 13.2. The Balaban J connectivity index is 1.73. The number of hydrogen-bond acceptors (Lipinski definition) is 4. The van der Waals surface area contributed by atoms with Crippen molar-refractivity contribution in [1.29, 1.82) is 0 Å². The number of halogens is 1. The van der Waals surface area contributed by atoms with E-state index in [-0.39, 0.29) is 5.69 Å². The Labute approximate surface area is 190 Å². The van der Waals surface area contributed by atoms with E-state index in [1.807, 2.05) is 6.92 Å². The van der Waals surface area contributed by atoms with Gasteiger partial charge in [0.15, 0.2) is 0 Å². The summed E-state index contributed by atoms with van der Waals surface area (Å²) >= 11 is 6.09. The fraction of sp³-hybridized carbons (Fsp3) is 0.0833. The van der Waals surface area contributed by atoms with Crippen LogP contribution in [-0.2, 0) is 0 Å². The standard InChI is InChI=1S/C24H19ClN4O3/c1-14-6-9-18(12-17(14)10-7-16-8-11-20(22(26)30)27-13-16)23(31)28-29-24(32)21-15(2)4-3-5-19(21)25/h3-6,8-9,11-13H,1-2H3,(H2,26,30)(H,28,31)(H,29,32). The minimum absolute atomic E-state index is 0.152. The molecule has 0 fully saturated rings. The number of nitrogens with one attached hydrogen (secondary N) is 2. The van der Waals surface area contributed by atoms with E-state index in [0.717, 1.165) is 5.56 Å². The molecular weight excluding hydrogens is 428 g/mol. The Morgan fingerprint density at radius 2 is 1.69 bits per heavy atom. The largest absolute Gasteiger partial charge is 0.364 e. The molecule has 4 N–H and O–H groups in total. The van der Waals surface area contributed by atoms with Crippen molar-refractivity contribution in [2.24, 2.45) is 5.73 Å². The molecule has 8 heteroatoms. The highest BCUT2D eigenvalue weighted by atomic mass is 35.5. The predicted octanol–water partition coefficient (Wildman–Crippen LogP) is 2.93. The molecular formula is C24H19ClN4O3. The van der Waals surface area contributed by atoms with Crippen LogP contribution in [0.4, 0.5) is 0 Å². The van der Waals surface area contributed by atoms with Crippen LogP contribution in [-0.4, -0.2) is 22.7 Å². The molecule has 3 amide bonds. The van der Waals surface area contributed by atoms with E-state index < -0.39 is 17.7 Å². The molecule has 32 heavy (non-hydrogen) atoms. The summed E-state index contributed by atoms with van der Waals surface area (Å²) in [4.78, 5) is 40.0. The van der Waals surface area contributed by atoms with E-state index in [0.29, 0.717) is 32.8 Å². The van der Waals surface area contributed by atoms with Crippen LogP contribution in [0.15, 0.2) is 54.7 Å². The lowest BCUT2D eigenvalue weighted by Crippen LogP contribution is -2.42. The number of amides is 3. The molecule has 1 heterocycles. The molecule has 7 nitrogen and oxygen atoms in total. The summed E-state index contributed by atoms with van der Waals surface area (Å²) < 4.78 is 0. The van der Waals surface area contributed by atoms with E-state index in [1.165, 1.54) is 12.3 Å². The number of carbonyl (C=O) groups excluding carboxylic acids is 3. The zero-order valence-electron chi connectivity index (χ0n) is 17.3. The average molecular weight is 447 g/mol. The first-order valence-corrected chi connectivity index (χ1v) is 9.88. The molecule has 1 aromatic heterocycles. The zero-order valence-corrected chi connectivity index (χ0v) is 18.1. The highest BCUT2D eigenvalue weighted by Gasteiger charge is 2.15. The van der Waals surface area contributed by atoms with Crippen LogP contribution in [0, 0.1) is 25.7 Å². The molecule has 0 aliphatic carbocycles. The van der Waals surface area contributed by atoms with Crippen molar-refractivity contribution in [3.63, 3.8) is 0 Å². The number of hydrazine groups is 1. The number of aromatic nitrogens is 1. The van der Waals surface area contributed by atoms with Gasteiger partial charge in [0.1, 0.15) is 5.69 Å². The maximum absolute atomic E-state index is 12.5. The summed E-state index contributed by atoms with van der Waals surface area (Å²) in [7, 11) is 0. The normalized spacial score (nSPS) is 9.97. The molecule has 0 saturated carbocycles. The van der Waals surface area contributed by atoms with Gasteiger partial charge in [-0.3, -0.25) is 25.2 Å². The fourth-order valence-corrected chi connectivity index (χ4v) is 3.13. The lowest BCUT2D eigenvalue weighted by molar-refractivity contribution is 0.0846. The number of benzene rings is 2. The molecule has 3 aromatic rings. The third kappa shape index (κ3) is 5.31. The van der Waals surface area contributed by atoms with Crippen molar-refractivity contribution in [2.75, 3.05) is 0 Å². The molecule has 160 valence electrons. The highest BCUT2D eigenvalue weighted by Crippen LogP contribution is 2.19. The number of hydrogen-bond donors (Lipinski definition) is 3. The van der Waals surface area contributed by atoms with Gasteiger partial charge in [0.25, 0.3) is 17.7 Å². The first-order chi connectivity index (χ1) is 15.3. The van der Waals surface area contributed by atoms with Crippen molar-refractivity contribution in [3.05, 3.63) is 98.8 Å². The Hall–Kier alpha value is -4.15. The van der Waals surface area contributed by atoms with Crippen molar-refractivity contribution in [3.8, 4) is 11.8 Å². The SMILES string of the molecule is Cc1ccc(C(=O)NNC(=O)c2c(C)cccc2Cl)cc1C#Cc1ccc(C(N)=O)nc1. The van der Waals surface area contributed by atoms with Crippen LogP contribution >= 0.6 is 11.6 Å². The third-order valence-electron chi connectivity index (χ3n) is 4.60. The molecule has 2 aromatic carbocycles. The van der Waals surface area contributed by atoms with Crippen molar-refractivity contribution < 1.29 is 14.4 Å². The number of rotatable bonds is 3. The summed E-state index contributed by atoms with van der Waals surface area (Å²) in [5.41, 5.74) is 13.5. The van der Waals surface area contributed by atoms with Crippen LogP contribution in [0.1, 0.15) is 53.5 Å². The highest BCUT2D eigenvalue weighted by molar-refractivity contribution is 6.34. The molecule has 0 atom stereocenters. The fourth-order valence-electron chi connectivity index (χ4n) is 2.82. The average Bonchev–Trinajstić information content (AvgIpc) is 2.77. The van der Waals surface area contributed by atoms with Gasteiger partial charge in [0, 0.05) is 22.9 Å². The topological polar surface area (TPSA) is 114 Å². The smallest absolute Gasteiger partial charge is 0.271 e. The molecule has 3 rings (SSSR count). The van der Waals surface area contributed by atoms with Crippen LogP contribution in [0.3, 0.4) is 0 Å². The van der Waals surface area contributed by atoms with Gasteiger partial charge in [-0.2, -0.15) is 0 Å². The van der Waals surface area contributed by atoms with Gasteiger partial charge in [-0.15, -0.1) is 0 Å². The van der Waals surface area contributed by atoms with Crippen molar-refractivity contribution in [1.82, 2.24) is 15.8 Å². The number of nitrogens with two attached hydrogens (primary N) is 1. The van der Waals surface area contributed by atoms with Crippen LogP contribution in [0.2, 0.25) is 5.02 Å². The third-order valence-corrected chi connectivity index (χ3v) is 4.91. The number of primary amides is 1. The number of pyridine rings is 1. The molecule has 0 aliphatic rings. The number of carbonyl (C=O) groups is 3. The minimum Gasteiger partial charge on any atom is -0.364 e. The van der Waals surface area contributed by atoms with Gasteiger partial charge in [-0.05, 0) is 55.3 Å². The monoisotopic (exact) mass is 446 g/mol. The van der Waals surface area contributed by atoms with Crippen LogP contribution in [0.5, 0.6) is 0 Å². The van der Waals surface area contributed by atoms with Gasteiger partial charge in [-0.25, -0.2) is 4.98 Å². The van der Waals surface area contributed by atoms with E-state index in [2.05, 4.69) is 27.7 Å². The Kier molecular flexibility index (Phi) is 6.88. The molecule has 0 unspecified atom stereocenters. The Bertz CT molecular complexity index is 1250. The predicted molar refractivity (Wildman–Crippen MR) is 121 cm³/mol. The quantitative estimate of drug-likeness (QED) is 0.424. The first-order valence-electron chi connectivity index (χ1n) is 9.50. The summed E-state index contributed by atoms with van der Waals surface area (Å²) in [5.74, 6) is 4.30. The zero-order chi connectivity index (χ0) is 23.3. The second kappa shape index (κ2) is 9.77. The van der Waals surface area contributed by atoms with Crippen LogP contribution in [0.25, 0.3) is 0 Å². The van der Waals surface area contributed by atoms with E-state index >= 15 is 0 Å². The lowest BCUT2D eigenvalue weighted by Gasteiger charge is -2.11. The summed E-state index contributed by atoms with van der Waals surface area (Å²) in [5, 5.41) is 0.294. The van der Waals surface area contributed by atoms with Gasteiger partial charge in [0.2, 0.25) is 0 Å². The molecule has 0 spiro atoms. The van der Waals surface area contributed by atoms with Crippen molar-refractivity contribution >= 4 is 29.3 Å². The second-order valence-corrected chi connectivity index (χ2v) is 7.32. The van der Waals surface area contributed by atoms with Gasteiger partial charge < -0.3 is 5.73 Å². The molecule has 0 aliphatic heterocycles. The second-order valence-electron chi connectivity index (χ2n) is 6.92. The van der Waals surface area contributed by atoms with Gasteiger partial charge in [-0.1, -0.05) is 41.6 Å². The Morgan fingerprint density at radius 3 is 2.34 bits per heavy atom. The van der Waals surface area contributed by atoms with Gasteiger partial charge >= 0.3 is 0 Å². The lowest BCUT2D eigenvalue weighted by atomic mass is 10.0. The van der Waals surface area contributed by atoms with Crippen LogP contribution < -0.4 is 16.6 Å². The summed E-state index contributed by atoms with van der Waals surface area (Å²) in [6.07, 6.45) is 1.45. The maximum atomic E-state index is 12.5. The number of aryl methyl sites for hydroxylation is 2. The maximum Gasteiger partial charge on any atom is 0.271 e. The minimum atomic E-state index is -0.615. The molecule has 0 bridgehead atoms. The van der Waals surface area contributed by atoms with Gasteiger partial charge in [0.05, 0.1) is 10.6 Å².